The monoisotopic (exact) mass is 258 g/mol. The summed E-state index contributed by atoms with van der Waals surface area (Å²) in [4.78, 5) is 0. The van der Waals surface area contributed by atoms with E-state index in [9.17, 15) is 0 Å². The number of hydrogen-bond donors (Lipinski definition) is 1. The first-order valence-electron chi connectivity index (χ1n) is 4.55. The molecule has 0 atom stereocenters. The van der Waals surface area contributed by atoms with Gasteiger partial charge in [-0.25, -0.2) is 0 Å². The van der Waals surface area contributed by atoms with E-state index in [-0.39, 0.29) is 6.61 Å². The first kappa shape index (κ1) is 11.5. The first-order valence-corrected chi connectivity index (χ1v) is 5.34. The second-order valence-electron chi connectivity index (χ2n) is 3.29. The van der Waals surface area contributed by atoms with Crippen molar-refractivity contribution < 1.29 is 9.84 Å². The van der Waals surface area contributed by atoms with E-state index >= 15 is 0 Å². The van der Waals surface area contributed by atoms with E-state index in [1.165, 1.54) is 0 Å². The number of ether oxygens (including phenoxy) is 1. The molecule has 3 heteroatoms. The van der Waals surface area contributed by atoms with E-state index in [0.717, 1.165) is 26.9 Å². The normalized spacial score (nSPS) is 10.4. The van der Waals surface area contributed by atoms with Gasteiger partial charge < -0.3 is 9.84 Å². The van der Waals surface area contributed by atoms with E-state index in [0.29, 0.717) is 6.42 Å². The zero-order valence-electron chi connectivity index (χ0n) is 8.72. The maximum absolute atomic E-state index is 8.96. The van der Waals surface area contributed by atoms with Gasteiger partial charge in [0.2, 0.25) is 0 Å². The Labute approximate surface area is 93.0 Å². The molecule has 0 unspecified atom stereocenters. The van der Waals surface area contributed by atoms with Crippen molar-refractivity contribution in [1.82, 2.24) is 0 Å². The van der Waals surface area contributed by atoms with Crippen LogP contribution in [0, 0.1) is 13.8 Å². The van der Waals surface area contributed by atoms with Crippen molar-refractivity contribution >= 4 is 15.9 Å². The van der Waals surface area contributed by atoms with Gasteiger partial charge in [0.1, 0.15) is 5.75 Å². The average molecular weight is 259 g/mol. The highest BCUT2D eigenvalue weighted by molar-refractivity contribution is 9.10. The minimum atomic E-state index is 0.151. The van der Waals surface area contributed by atoms with Crippen LogP contribution in [0.4, 0.5) is 0 Å². The van der Waals surface area contributed by atoms with Crippen molar-refractivity contribution in [3.05, 3.63) is 27.2 Å². The van der Waals surface area contributed by atoms with Crippen LogP contribution in [0.1, 0.15) is 16.7 Å². The van der Waals surface area contributed by atoms with Crippen LogP contribution < -0.4 is 4.74 Å². The highest BCUT2D eigenvalue weighted by Crippen LogP contribution is 2.32. The number of aryl methyl sites for hydroxylation is 1. The summed E-state index contributed by atoms with van der Waals surface area (Å²) < 4.78 is 6.40. The third-order valence-electron chi connectivity index (χ3n) is 2.36. The van der Waals surface area contributed by atoms with Crippen LogP contribution in [-0.4, -0.2) is 18.8 Å². The summed E-state index contributed by atoms with van der Waals surface area (Å²) in [6, 6.07) is 2.06. The molecule has 0 bridgehead atoms. The highest BCUT2D eigenvalue weighted by atomic mass is 79.9. The van der Waals surface area contributed by atoms with Crippen LogP contribution in [0.3, 0.4) is 0 Å². The van der Waals surface area contributed by atoms with Crippen molar-refractivity contribution in [2.75, 3.05) is 13.7 Å². The molecule has 0 radical (unpaired) electrons. The predicted octanol–water partition coefficient (Wildman–Crippen LogP) is 2.61. The molecule has 1 aromatic rings. The molecule has 0 saturated heterocycles. The molecule has 78 valence electrons. The van der Waals surface area contributed by atoms with Crippen LogP contribution in [0.2, 0.25) is 0 Å². The van der Waals surface area contributed by atoms with E-state index in [1.807, 2.05) is 13.8 Å². The van der Waals surface area contributed by atoms with Gasteiger partial charge in [-0.1, -0.05) is 15.9 Å². The Kier molecular flexibility index (Phi) is 3.96. The third-order valence-corrected chi connectivity index (χ3v) is 3.18. The molecule has 0 heterocycles. The fraction of sp³-hybridized carbons (Fsp3) is 0.455. The lowest BCUT2D eigenvalue weighted by Crippen LogP contribution is -2.01. The molecule has 0 aromatic heterocycles. The van der Waals surface area contributed by atoms with Gasteiger partial charge in [-0.2, -0.15) is 0 Å². The van der Waals surface area contributed by atoms with Crippen molar-refractivity contribution in [3.8, 4) is 5.75 Å². The molecule has 2 nitrogen and oxygen atoms in total. The van der Waals surface area contributed by atoms with Crippen molar-refractivity contribution in [3.63, 3.8) is 0 Å². The predicted molar refractivity (Wildman–Crippen MR) is 61.0 cm³/mol. The van der Waals surface area contributed by atoms with Gasteiger partial charge in [-0.3, -0.25) is 0 Å². The van der Waals surface area contributed by atoms with Crippen LogP contribution in [0.25, 0.3) is 0 Å². The summed E-state index contributed by atoms with van der Waals surface area (Å²) in [6.45, 7) is 4.18. The molecular weight excluding hydrogens is 244 g/mol. The van der Waals surface area contributed by atoms with Gasteiger partial charge >= 0.3 is 0 Å². The van der Waals surface area contributed by atoms with E-state index in [1.54, 1.807) is 7.11 Å². The van der Waals surface area contributed by atoms with Crippen LogP contribution in [0.5, 0.6) is 5.75 Å². The largest absolute Gasteiger partial charge is 0.496 e. The minimum Gasteiger partial charge on any atom is -0.496 e. The Morgan fingerprint density at radius 1 is 1.43 bits per heavy atom. The van der Waals surface area contributed by atoms with Crippen molar-refractivity contribution in [1.29, 1.82) is 0 Å². The topological polar surface area (TPSA) is 29.5 Å². The lowest BCUT2D eigenvalue weighted by Gasteiger charge is -2.15. The second-order valence-corrected chi connectivity index (χ2v) is 4.14. The minimum absolute atomic E-state index is 0.151. The molecule has 0 aliphatic rings. The van der Waals surface area contributed by atoms with Gasteiger partial charge in [0.25, 0.3) is 0 Å². The van der Waals surface area contributed by atoms with Gasteiger partial charge in [0, 0.05) is 16.6 Å². The summed E-state index contributed by atoms with van der Waals surface area (Å²) in [5.41, 5.74) is 3.32. The number of rotatable bonds is 3. The fourth-order valence-electron chi connectivity index (χ4n) is 1.60. The van der Waals surface area contributed by atoms with Crippen molar-refractivity contribution in [2.24, 2.45) is 0 Å². The molecule has 0 aliphatic carbocycles. The standard InChI is InChI=1S/C11H15BrO2/c1-7-6-10(12)8(2)11(14-3)9(7)4-5-13/h6,13H,4-5H2,1-3H3. The summed E-state index contributed by atoms with van der Waals surface area (Å²) in [5, 5.41) is 8.96. The first-order chi connectivity index (χ1) is 6.61. The summed E-state index contributed by atoms with van der Waals surface area (Å²) in [5.74, 6) is 0.880. The number of benzene rings is 1. The van der Waals surface area contributed by atoms with Crippen LogP contribution in [0.15, 0.2) is 10.5 Å². The summed E-state index contributed by atoms with van der Waals surface area (Å²) >= 11 is 3.48. The van der Waals surface area contributed by atoms with Crippen LogP contribution >= 0.6 is 15.9 Å². The molecule has 0 spiro atoms. The van der Waals surface area contributed by atoms with E-state index in [2.05, 4.69) is 22.0 Å². The highest BCUT2D eigenvalue weighted by Gasteiger charge is 2.11. The number of methoxy groups -OCH3 is 1. The molecule has 1 rings (SSSR count). The molecule has 0 fully saturated rings. The SMILES string of the molecule is COc1c(C)c(Br)cc(C)c1CCO. The van der Waals surface area contributed by atoms with Gasteiger partial charge in [0.15, 0.2) is 0 Å². The number of halogens is 1. The average Bonchev–Trinajstić information content (AvgIpc) is 2.15. The summed E-state index contributed by atoms with van der Waals surface area (Å²) in [7, 11) is 1.66. The molecule has 0 amide bonds. The molecule has 0 aliphatic heterocycles. The number of hydrogen-bond acceptors (Lipinski definition) is 2. The Bertz CT molecular complexity index is 335. The van der Waals surface area contributed by atoms with Gasteiger partial charge in [0.05, 0.1) is 7.11 Å². The van der Waals surface area contributed by atoms with Gasteiger partial charge in [-0.15, -0.1) is 0 Å². The maximum Gasteiger partial charge on any atom is 0.126 e. The lowest BCUT2D eigenvalue weighted by molar-refractivity contribution is 0.296. The fourth-order valence-corrected chi connectivity index (χ4v) is 2.12. The van der Waals surface area contributed by atoms with Crippen molar-refractivity contribution in [2.45, 2.75) is 20.3 Å². The molecule has 14 heavy (non-hydrogen) atoms. The zero-order chi connectivity index (χ0) is 10.7. The lowest BCUT2D eigenvalue weighted by atomic mass is 10.0. The molecule has 1 aromatic carbocycles. The maximum atomic E-state index is 8.96. The summed E-state index contributed by atoms with van der Waals surface area (Å²) in [6.07, 6.45) is 0.642. The number of aliphatic hydroxyl groups is 1. The molecule has 0 saturated carbocycles. The third kappa shape index (κ3) is 2.10. The molecular formula is C11H15BrO2. The Morgan fingerprint density at radius 2 is 2.07 bits per heavy atom. The molecule has 1 N–H and O–H groups in total. The smallest absolute Gasteiger partial charge is 0.126 e. The zero-order valence-corrected chi connectivity index (χ0v) is 10.3. The Balaban J connectivity index is 3.31. The quantitative estimate of drug-likeness (QED) is 0.904. The Hall–Kier alpha value is -0.540. The van der Waals surface area contributed by atoms with E-state index < -0.39 is 0 Å². The Morgan fingerprint density at radius 3 is 2.57 bits per heavy atom. The van der Waals surface area contributed by atoms with Crippen LogP contribution in [-0.2, 0) is 6.42 Å². The van der Waals surface area contributed by atoms with Gasteiger partial charge in [-0.05, 0) is 37.5 Å². The second kappa shape index (κ2) is 4.80. The number of aliphatic hydroxyl groups excluding tert-OH is 1. The van der Waals surface area contributed by atoms with E-state index in [4.69, 9.17) is 9.84 Å².